The SMILES string of the molecule is CC(N)C(=O)N1CCN(CC(=O)Nc2ccccc2)CC1. The van der Waals surface area contributed by atoms with E-state index in [1.165, 1.54) is 0 Å². The van der Waals surface area contributed by atoms with Crippen molar-refractivity contribution >= 4 is 17.5 Å². The van der Waals surface area contributed by atoms with Crippen molar-refractivity contribution in [2.24, 2.45) is 5.73 Å². The minimum Gasteiger partial charge on any atom is -0.339 e. The zero-order chi connectivity index (χ0) is 15.2. The van der Waals surface area contributed by atoms with E-state index in [-0.39, 0.29) is 11.8 Å². The highest BCUT2D eigenvalue weighted by Gasteiger charge is 2.23. The molecule has 1 fully saturated rings. The van der Waals surface area contributed by atoms with E-state index < -0.39 is 6.04 Å². The van der Waals surface area contributed by atoms with E-state index in [0.29, 0.717) is 32.7 Å². The second-order valence-electron chi connectivity index (χ2n) is 5.30. The Bertz CT molecular complexity index is 482. The van der Waals surface area contributed by atoms with Gasteiger partial charge in [0.1, 0.15) is 0 Å². The molecule has 2 rings (SSSR count). The fourth-order valence-corrected chi connectivity index (χ4v) is 2.34. The lowest BCUT2D eigenvalue weighted by atomic mass is 10.2. The van der Waals surface area contributed by atoms with E-state index in [1.807, 2.05) is 35.2 Å². The van der Waals surface area contributed by atoms with Crippen LogP contribution in [0.3, 0.4) is 0 Å². The second-order valence-corrected chi connectivity index (χ2v) is 5.30. The summed E-state index contributed by atoms with van der Waals surface area (Å²) in [5, 5.41) is 2.86. The number of rotatable bonds is 4. The minimum atomic E-state index is -0.460. The standard InChI is InChI=1S/C15H22N4O2/c1-12(16)15(21)19-9-7-18(8-10-19)11-14(20)17-13-5-3-2-4-6-13/h2-6,12H,7-11,16H2,1H3,(H,17,20). The van der Waals surface area contributed by atoms with Crippen LogP contribution in [0.5, 0.6) is 0 Å². The fourth-order valence-electron chi connectivity index (χ4n) is 2.34. The number of benzene rings is 1. The van der Waals surface area contributed by atoms with E-state index in [0.717, 1.165) is 5.69 Å². The van der Waals surface area contributed by atoms with Crippen molar-refractivity contribution in [2.45, 2.75) is 13.0 Å². The Morgan fingerprint density at radius 3 is 2.38 bits per heavy atom. The quantitative estimate of drug-likeness (QED) is 0.825. The maximum Gasteiger partial charge on any atom is 0.239 e. The fraction of sp³-hybridized carbons (Fsp3) is 0.467. The van der Waals surface area contributed by atoms with Crippen LogP contribution in [-0.2, 0) is 9.59 Å². The van der Waals surface area contributed by atoms with Crippen molar-refractivity contribution in [1.82, 2.24) is 9.80 Å². The highest BCUT2D eigenvalue weighted by molar-refractivity contribution is 5.92. The van der Waals surface area contributed by atoms with Crippen LogP contribution in [0.1, 0.15) is 6.92 Å². The van der Waals surface area contributed by atoms with Gasteiger partial charge in [-0.3, -0.25) is 14.5 Å². The van der Waals surface area contributed by atoms with Crippen LogP contribution in [0.25, 0.3) is 0 Å². The molecule has 1 aromatic carbocycles. The van der Waals surface area contributed by atoms with Gasteiger partial charge < -0.3 is 16.0 Å². The average Bonchev–Trinajstić information content (AvgIpc) is 2.48. The highest BCUT2D eigenvalue weighted by Crippen LogP contribution is 2.07. The lowest BCUT2D eigenvalue weighted by molar-refractivity contribution is -0.134. The summed E-state index contributed by atoms with van der Waals surface area (Å²) in [5.74, 6) is -0.0587. The summed E-state index contributed by atoms with van der Waals surface area (Å²) < 4.78 is 0. The molecule has 0 radical (unpaired) electrons. The van der Waals surface area contributed by atoms with Crippen LogP contribution in [-0.4, -0.2) is 60.4 Å². The average molecular weight is 290 g/mol. The molecule has 1 saturated heterocycles. The molecule has 0 aromatic heterocycles. The third-order valence-corrected chi connectivity index (χ3v) is 3.50. The normalized spacial score (nSPS) is 17.3. The van der Waals surface area contributed by atoms with Gasteiger partial charge >= 0.3 is 0 Å². The molecule has 6 heteroatoms. The number of amides is 2. The first-order chi connectivity index (χ1) is 10.1. The van der Waals surface area contributed by atoms with Crippen LogP contribution in [0.2, 0.25) is 0 Å². The van der Waals surface area contributed by atoms with Crippen molar-refractivity contribution in [2.75, 3.05) is 38.0 Å². The van der Waals surface area contributed by atoms with Gasteiger partial charge in [-0.1, -0.05) is 18.2 Å². The topological polar surface area (TPSA) is 78.7 Å². The third kappa shape index (κ3) is 4.54. The number of carbonyl (C=O) groups is 2. The lowest BCUT2D eigenvalue weighted by Gasteiger charge is -2.35. The second kappa shape index (κ2) is 7.19. The minimum absolute atomic E-state index is 0.0246. The number of anilines is 1. The van der Waals surface area contributed by atoms with Gasteiger partial charge in [0.2, 0.25) is 11.8 Å². The Labute approximate surface area is 124 Å². The molecule has 114 valence electrons. The third-order valence-electron chi connectivity index (χ3n) is 3.50. The molecule has 3 N–H and O–H groups in total. The Hall–Kier alpha value is -1.92. The number of hydrogen-bond acceptors (Lipinski definition) is 4. The first-order valence-electron chi connectivity index (χ1n) is 7.18. The number of hydrogen-bond donors (Lipinski definition) is 2. The summed E-state index contributed by atoms with van der Waals surface area (Å²) in [6.45, 7) is 4.68. The summed E-state index contributed by atoms with van der Waals surface area (Å²) in [5.41, 5.74) is 6.40. The molecule has 0 saturated carbocycles. The van der Waals surface area contributed by atoms with Gasteiger partial charge in [-0.05, 0) is 19.1 Å². The van der Waals surface area contributed by atoms with Gasteiger partial charge in [-0.2, -0.15) is 0 Å². The van der Waals surface area contributed by atoms with Crippen molar-refractivity contribution in [3.8, 4) is 0 Å². The van der Waals surface area contributed by atoms with Gasteiger partial charge in [0, 0.05) is 31.9 Å². The maximum absolute atomic E-state index is 12.0. The molecule has 1 aromatic rings. The Balaban J connectivity index is 1.76. The zero-order valence-corrected chi connectivity index (χ0v) is 12.3. The molecule has 0 bridgehead atoms. The predicted octanol–water partition coefficient (Wildman–Crippen LogP) is 0.117. The van der Waals surface area contributed by atoms with E-state index in [1.54, 1.807) is 11.8 Å². The predicted molar refractivity (Wildman–Crippen MR) is 81.7 cm³/mol. The van der Waals surface area contributed by atoms with E-state index in [4.69, 9.17) is 5.73 Å². The smallest absolute Gasteiger partial charge is 0.239 e. The molecule has 1 aliphatic rings. The number of nitrogens with two attached hydrogens (primary N) is 1. The molecule has 6 nitrogen and oxygen atoms in total. The van der Waals surface area contributed by atoms with Crippen LogP contribution in [0.15, 0.2) is 30.3 Å². The van der Waals surface area contributed by atoms with Crippen LogP contribution < -0.4 is 11.1 Å². The molecule has 1 unspecified atom stereocenters. The lowest BCUT2D eigenvalue weighted by Crippen LogP contribution is -2.53. The number of para-hydroxylation sites is 1. The number of carbonyl (C=O) groups excluding carboxylic acids is 2. The zero-order valence-electron chi connectivity index (χ0n) is 12.3. The summed E-state index contributed by atoms with van der Waals surface area (Å²) in [6.07, 6.45) is 0. The van der Waals surface area contributed by atoms with Crippen LogP contribution in [0.4, 0.5) is 5.69 Å². The van der Waals surface area contributed by atoms with Crippen molar-refractivity contribution in [1.29, 1.82) is 0 Å². The van der Waals surface area contributed by atoms with Crippen LogP contribution >= 0.6 is 0 Å². The molecular weight excluding hydrogens is 268 g/mol. The van der Waals surface area contributed by atoms with E-state index >= 15 is 0 Å². The van der Waals surface area contributed by atoms with Gasteiger partial charge in [-0.15, -0.1) is 0 Å². The summed E-state index contributed by atoms with van der Waals surface area (Å²) in [4.78, 5) is 27.5. The first kappa shape index (κ1) is 15.5. The van der Waals surface area contributed by atoms with E-state index in [2.05, 4.69) is 5.32 Å². The van der Waals surface area contributed by atoms with Gasteiger partial charge in [0.05, 0.1) is 12.6 Å². The number of piperazine rings is 1. The number of nitrogens with one attached hydrogen (secondary N) is 1. The van der Waals surface area contributed by atoms with Crippen molar-refractivity contribution in [3.05, 3.63) is 30.3 Å². The summed E-state index contributed by atoms with van der Waals surface area (Å²) in [7, 11) is 0. The molecule has 2 amide bonds. The largest absolute Gasteiger partial charge is 0.339 e. The van der Waals surface area contributed by atoms with Gasteiger partial charge in [0.25, 0.3) is 0 Å². The molecule has 0 aliphatic carbocycles. The Morgan fingerprint density at radius 1 is 1.19 bits per heavy atom. The summed E-state index contributed by atoms with van der Waals surface area (Å²) >= 11 is 0. The molecule has 0 spiro atoms. The van der Waals surface area contributed by atoms with E-state index in [9.17, 15) is 9.59 Å². The Morgan fingerprint density at radius 2 is 1.81 bits per heavy atom. The summed E-state index contributed by atoms with van der Waals surface area (Å²) in [6, 6.07) is 8.93. The molecule has 1 aliphatic heterocycles. The molecule has 1 atom stereocenters. The molecular formula is C15H22N4O2. The van der Waals surface area contributed by atoms with Crippen molar-refractivity contribution in [3.63, 3.8) is 0 Å². The monoisotopic (exact) mass is 290 g/mol. The van der Waals surface area contributed by atoms with Gasteiger partial charge in [0.15, 0.2) is 0 Å². The van der Waals surface area contributed by atoms with Crippen molar-refractivity contribution < 1.29 is 9.59 Å². The Kier molecular flexibility index (Phi) is 5.30. The van der Waals surface area contributed by atoms with Crippen LogP contribution in [0, 0.1) is 0 Å². The number of nitrogens with zero attached hydrogens (tertiary/aromatic N) is 2. The van der Waals surface area contributed by atoms with Gasteiger partial charge in [-0.25, -0.2) is 0 Å². The highest BCUT2D eigenvalue weighted by atomic mass is 16.2. The molecule has 1 heterocycles. The maximum atomic E-state index is 12.0. The first-order valence-corrected chi connectivity index (χ1v) is 7.18. The molecule has 21 heavy (non-hydrogen) atoms.